The van der Waals surface area contributed by atoms with Gasteiger partial charge in [-0.3, -0.25) is 0 Å². The molecule has 4 heteroatoms. The van der Waals surface area contributed by atoms with E-state index < -0.39 is 0 Å². The van der Waals surface area contributed by atoms with Crippen LogP contribution in [0.15, 0.2) is 23.1 Å². The lowest BCUT2D eigenvalue weighted by Crippen LogP contribution is -2.14. The standard InChI is InChI=1S/C11H16ClNOS/c1-13(2)6-7-15-11-5-3-4-10(12)9(11)8-14/h3-5,14H,6-8H2,1-2H3. The van der Waals surface area contributed by atoms with Crippen molar-refractivity contribution in [2.75, 3.05) is 26.4 Å². The summed E-state index contributed by atoms with van der Waals surface area (Å²) in [7, 11) is 4.09. The van der Waals surface area contributed by atoms with Crippen molar-refractivity contribution in [2.24, 2.45) is 0 Å². The number of thioether (sulfide) groups is 1. The van der Waals surface area contributed by atoms with E-state index in [4.69, 9.17) is 11.6 Å². The first-order chi connectivity index (χ1) is 7.15. The second-order valence-corrected chi connectivity index (χ2v) is 5.07. The minimum absolute atomic E-state index is 0.00394. The molecular formula is C11H16ClNOS. The fourth-order valence-electron chi connectivity index (χ4n) is 1.17. The van der Waals surface area contributed by atoms with E-state index >= 15 is 0 Å². The summed E-state index contributed by atoms with van der Waals surface area (Å²) in [5.41, 5.74) is 0.836. The summed E-state index contributed by atoms with van der Waals surface area (Å²) in [4.78, 5) is 3.21. The predicted molar refractivity (Wildman–Crippen MR) is 66.7 cm³/mol. The third-order valence-corrected chi connectivity index (χ3v) is 3.46. The van der Waals surface area contributed by atoms with E-state index in [9.17, 15) is 5.11 Å². The van der Waals surface area contributed by atoms with Crippen LogP contribution >= 0.6 is 23.4 Å². The molecule has 0 aliphatic carbocycles. The first kappa shape index (κ1) is 12.8. The quantitative estimate of drug-likeness (QED) is 0.807. The highest BCUT2D eigenvalue weighted by atomic mass is 35.5. The average molecular weight is 246 g/mol. The topological polar surface area (TPSA) is 23.5 Å². The van der Waals surface area contributed by atoms with E-state index in [0.717, 1.165) is 22.8 Å². The Kier molecular flexibility index (Phi) is 5.47. The molecule has 2 nitrogen and oxygen atoms in total. The normalized spacial score (nSPS) is 11.0. The number of aliphatic hydroxyl groups excluding tert-OH is 1. The van der Waals surface area contributed by atoms with Gasteiger partial charge < -0.3 is 10.0 Å². The minimum Gasteiger partial charge on any atom is -0.392 e. The van der Waals surface area contributed by atoms with Crippen LogP contribution in [0.1, 0.15) is 5.56 Å². The van der Waals surface area contributed by atoms with Crippen molar-refractivity contribution in [3.05, 3.63) is 28.8 Å². The smallest absolute Gasteiger partial charge is 0.0707 e. The van der Waals surface area contributed by atoms with E-state index in [1.165, 1.54) is 0 Å². The highest BCUT2D eigenvalue weighted by Crippen LogP contribution is 2.28. The Morgan fingerprint density at radius 2 is 2.13 bits per heavy atom. The second-order valence-electron chi connectivity index (χ2n) is 3.53. The zero-order valence-corrected chi connectivity index (χ0v) is 10.6. The number of halogens is 1. The first-order valence-corrected chi connectivity index (χ1v) is 6.17. The first-order valence-electron chi connectivity index (χ1n) is 4.81. The summed E-state index contributed by atoms with van der Waals surface area (Å²) in [6.07, 6.45) is 0. The van der Waals surface area contributed by atoms with E-state index in [-0.39, 0.29) is 6.61 Å². The molecule has 1 aromatic rings. The van der Waals surface area contributed by atoms with Crippen LogP contribution in [0.5, 0.6) is 0 Å². The van der Waals surface area contributed by atoms with E-state index in [2.05, 4.69) is 4.90 Å². The minimum atomic E-state index is 0.00394. The number of hydrogen-bond acceptors (Lipinski definition) is 3. The molecule has 1 rings (SSSR count). The molecule has 0 aromatic heterocycles. The molecule has 84 valence electrons. The Balaban J connectivity index is 2.64. The number of nitrogens with zero attached hydrogens (tertiary/aromatic N) is 1. The van der Waals surface area contributed by atoms with Crippen molar-refractivity contribution in [1.82, 2.24) is 4.90 Å². The summed E-state index contributed by atoms with van der Waals surface area (Å²) in [6, 6.07) is 5.72. The molecule has 0 bridgehead atoms. The van der Waals surface area contributed by atoms with Crippen molar-refractivity contribution in [1.29, 1.82) is 0 Å². The molecule has 1 N–H and O–H groups in total. The van der Waals surface area contributed by atoms with Crippen LogP contribution in [-0.2, 0) is 6.61 Å². The summed E-state index contributed by atoms with van der Waals surface area (Å²) in [5.74, 6) is 1.00. The Morgan fingerprint density at radius 1 is 1.40 bits per heavy atom. The van der Waals surface area contributed by atoms with Gasteiger partial charge in [-0.1, -0.05) is 17.7 Å². The van der Waals surface area contributed by atoms with Crippen molar-refractivity contribution < 1.29 is 5.11 Å². The molecule has 0 radical (unpaired) electrons. The predicted octanol–water partition coefficient (Wildman–Crippen LogP) is 2.49. The van der Waals surface area contributed by atoms with Crippen molar-refractivity contribution in [3.63, 3.8) is 0 Å². The molecule has 0 aliphatic heterocycles. The van der Waals surface area contributed by atoms with Crippen LogP contribution in [0.25, 0.3) is 0 Å². The number of benzene rings is 1. The fourth-order valence-corrected chi connectivity index (χ4v) is 2.66. The molecule has 0 saturated heterocycles. The van der Waals surface area contributed by atoms with Crippen LogP contribution < -0.4 is 0 Å². The summed E-state index contributed by atoms with van der Waals surface area (Å²) in [6.45, 7) is 1.02. The zero-order valence-electron chi connectivity index (χ0n) is 9.03. The largest absolute Gasteiger partial charge is 0.392 e. The van der Waals surface area contributed by atoms with Gasteiger partial charge in [0.05, 0.1) is 6.61 Å². The lowest BCUT2D eigenvalue weighted by molar-refractivity contribution is 0.279. The van der Waals surface area contributed by atoms with E-state index in [0.29, 0.717) is 5.02 Å². The molecule has 0 saturated carbocycles. The Morgan fingerprint density at radius 3 is 2.73 bits per heavy atom. The highest BCUT2D eigenvalue weighted by Gasteiger charge is 2.06. The molecular weight excluding hydrogens is 230 g/mol. The summed E-state index contributed by atoms with van der Waals surface area (Å²) >= 11 is 7.72. The maximum absolute atomic E-state index is 9.20. The number of rotatable bonds is 5. The van der Waals surface area contributed by atoms with E-state index in [1.54, 1.807) is 11.8 Å². The third-order valence-electron chi connectivity index (χ3n) is 2.03. The van der Waals surface area contributed by atoms with Crippen LogP contribution in [0, 0.1) is 0 Å². The SMILES string of the molecule is CN(C)CCSc1cccc(Cl)c1CO. The molecule has 0 spiro atoms. The van der Waals surface area contributed by atoms with Gasteiger partial charge in [-0.05, 0) is 26.2 Å². The van der Waals surface area contributed by atoms with Gasteiger partial charge in [0.1, 0.15) is 0 Å². The van der Waals surface area contributed by atoms with E-state index in [1.807, 2.05) is 32.3 Å². The van der Waals surface area contributed by atoms with Crippen LogP contribution in [0.2, 0.25) is 5.02 Å². The molecule has 0 amide bonds. The summed E-state index contributed by atoms with van der Waals surface area (Å²) < 4.78 is 0. The number of hydrogen-bond donors (Lipinski definition) is 1. The van der Waals surface area contributed by atoms with Gasteiger partial charge in [0.25, 0.3) is 0 Å². The van der Waals surface area contributed by atoms with Gasteiger partial charge in [0, 0.05) is 27.8 Å². The van der Waals surface area contributed by atoms with Crippen LogP contribution in [-0.4, -0.2) is 36.4 Å². The van der Waals surface area contributed by atoms with Gasteiger partial charge in [-0.2, -0.15) is 0 Å². The lowest BCUT2D eigenvalue weighted by atomic mass is 10.2. The molecule has 0 atom stereocenters. The van der Waals surface area contributed by atoms with Gasteiger partial charge >= 0.3 is 0 Å². The van der Waals surface area contributed by atoms with Crippen molar-refractivity contribution in [3.8, 4) is 0 Å². The monoisotopic (exact) mass is 245 g/mol. The molecule has 0 fully saturated rings. The average Bonchev–Trinajstić information content (AvgIpc) is 2.17. The van der Waals surface area contributed by atoms with Crippen molar-refractivity contribution in [2.45, 2.75) is 11.5 Å². The third kappa shape index (κ3) is 4.03. The van der Waals surface area contributed by atoms with Crippen LogP contribution in [0.3, 0.4) is 0 Å². The maximum Gasteiger partial charge on any atom is 0.0707 e. The molecule has 0 heterocycles. The summed E-state index contributed by atoms with van der Waals surface area (Å²) in [5, 5.41) is 9.85. The van der Waals surface area contributed by atoms with Gasteiger partial charge in [0.15, 0.2) is 0 Å². The molecule has 15 heavy (non-hydrogen) atoms. The van der Waals surface area contributed by atoms with Gasteiger partial charge in [-0.15, -0.1) is 11.8 Å². The maximum atomic E-state index is 9.20. The van der Waals surface area contributed by atoms with Gasteiger partial charge in [0.2, 0.25) is 0 Å². The zero-order chi connectivity index (χ0) is 11.3. The lowest BCUT2D eigenvalue weighted by Gasteiger charge is -2.11. The Hall–Kier alpha value is -0.220. The molecule has 1 aromatic carbocycles. The molecule has 0 unspecified atom stereocenters. The molecule has 0 aliphatic rings. The van der Waals surface area contributed by atoms with Crippen molar-refractivity contribution >= 4 is 23.4 Å². The second kappa shape index (κ2) is 6.38. The van der Waals surface area contributed by atoms with Crippen LogP contribution in [0.4, 0.5) is 0 Å². The van der Waals surface area contributed by atoms with Gasteiger partial charge in [-0.25, -0.2) is 0 Å². The Bertz CT molecular complexity index is 317. The Labute approximate surface area is 100 Å². The highest BCUT2D eigenvalue weighted by molar-refractivity contribution is 7.99. The fraction of sp³-hybridized carbons (Fsp3) is 0.455. The number of aliphatic hydroxyl groups is 1.